The number of nitriles is 1. The molecule has 0 atom stereocenters. The van der Waals surface area contributed by atoms with Gasteiger partial charge in [-0.2, -0.15) is 18.4 Å². The Morgan fingerprint density at radius 2 is 1.76 bits per heavy atom. The van der Waals surface area contributed by atoms with E-state index in [9.17, 15) is 22.8 Å². The molecule has 2 aliphatic rings. The largest absolute Gasteiger partial charge is 0.457 e. The van der Waals surface area contributed by atoms with Gasteiger partial charge in [0.2, 0.25) is 0 Å². The zero-order valence-electron chi connectivity index (χ0n) is 18.7. The van der Waals surface area contributed by atoms with Crippen LogP contribution >= 0.6 is 0 Å². The third-order valence-corrected chi connectivity index (χ3v) is 6.75. The zero-order chi connectivity index (χ0) is 24.5. The number of ketones is 2. The van der Waals surface area contributed by atoms with E-state index < -0.39 is 23.4 Å². The van der Waals surface area contributed by atoms with Crippen LogP contribution in [0.15, 0.2) is 36.4 Å². The summed E-state index contributed by atoms with van der Waals surface area (Å²) >= 11 is 0. The van der Waals surface area contributed by atoms with Crippen LogP contribution in [0.3, 0.4) is 0 Å². The summed E-state index contributed by atoms with van der Waals surface area (Å²) in [4.78, 5) is 26.4. The van der Waals surface area contributed by atoms with E-state index in [2.05, 4.69) is 0 Å². The summed E-state index contributed by atoms with van der Waals surface area (Å²) in [5.74, 6) is -1.65. The maximum Gasteiger partial charge on any atom is 0.420 e. The predicted octanol–water partition coefficient (Wildman–Crippen LogP) is 5.74. The Balaban J connectivity index is 1.67. The number of carbonyl (C=O) groups excluding carboxylic acids is 2. The van der Waals surface area contributed by atoms with Crippen LogP contribution in [0.5, 0.6) is 11.5 Å². The van der Waals surface area contributed by atoms with Crippen molar-refractivity contribution in [3.8, 4) is 17.6 Å². The van der Waals surface area contributed by atoms with Crippen LogP contribution in [0.25, 0.3) is 0 Å². The van der Waals surface area contributed by atoms with Crippen LogP contribution in [0, 0.1) is 16.7 Å². The lowest BCUT2D eigenvalue weighted by atomic mass is 9.63. The van der Waals surface area contributed by atoms with Gasteiger partial charge in [-0.1, -0.05) is 13.0 Å². The van der Waals surface area contributed by atoms with Crippen molar-refractivity contribution in [1.29, 1.82) is 5.26 Å². The molecule has 2 aromatic carbocycles. The van der Waals surface area contributed by atoms with Gasteiger partial charge in [0.15, 0.2) is 0 Å². The lowest BCUT2D eigenvalue weighted by molar-refractivity contribution is -0.140. The summed E-state index contributed by atoms with van der Waals surface area (Å²) < 4.78 is 51.6. The molecule has 0 aromatic heterocycles. The smallest absolute Gasteiger partial charge is 0.420 e. The molecular weight excluding hydrogens is 447 g/mol. The van der Waals surface area contributed by atoms with E-state index in [1.165, 1.54) is 18.2 Å². The van der Waals surface area contributed by atoms with Gasteiger partial charge in [-0.15, -0.1) is 0 Å². The van der Waals surface area contributed by atoms with Crippen molar-refractivity contribution in [2.45, 2.75) is 51.1 Å². The highest BCUT2D eigenvalue weighted by Gasteiger charge is 2.46. The third kappa shape index (κ3) is 4.71. The van der Waals surface area contributed by atoms with E-state index in [1.807, 2.05) is 6.92 Å². The number of nitrogens with zero attached hydrogens (tertiary/aromatic N) is 1. The quantitative estimate of drug-likeness (QED) is 0.531. The van der Waals surface area contributed by atoms with Crippen molar-refractivity contribution in [2.75, 3.05) is 13.2 Å². The third-order valence-electron chi connectivity index (χ3n) is 6.75. The van der Waals surface area contributed by atoms with E-state index >= 15 is 0 Å². The summed E-state index contributed by atoms with van der Waals surface area (Å²) in [6, 6.07) is 9.48. The van der Waals surface area contributed by atoms with Crippen LogP contribution in [0.4, 0.5) is 13.2 Å². The van der Waals surface area contributed by atoms with Crippen molar-refractivity contribution < 1.29 is 32.2 Å². The normalized spacial score (nSPS) is 18.7. The fraction of sp³-hybridized carbons (Fsp3) is 0.423. The van der Waals surface area contributed by atoms with Gasteiger partial charge < -0.3 is 9.47 Å². The van der Waals surface area contributed by atoms with Gasteiger partial charge in [0.1, 0.15) is 29.0 Å². The summed E-state index contributed by atoms with van der Waals surface area (Å²) in [5, 5.41) is 8.96. The van der Waals surface area contributed by atoms with Gasteiger partial charge in [-0.3, -0.25) is 9.59 Å². The summed E-state index contributed by atoms with van der Waals surface area (Å²) in [6.07, 6.45) is -2.26. The Morgan fingerprint density at radius 1 is 1.09 bits per heavy atom. The molecule has 0 bridgehead atoms. The molecule has 1 heterocycles. The minimum Gasteiger partial charge on any atom is -0.457 e. The topological polar surface area (TPSA) is 76.4 Å². The molecule has 2 aromatic rings. The van der Waals surface area contributed by atoms with Crippen molar-refractivity contribution in [1.82, 2.24) is 0 Å². The molecule has 1 aliphatic carbocycles. The second-order valence-corrected chi connectivity index (χ2v) is 8.97. The first-order chi connectivity index (χ1) is 16.2. The molecule has 0 unspecified atom stereocenters. The average Bonchev–Trinajstić information content (AvgIpc) is 2.79. The molecule has 1 saturated carbocycles. The Kier molecular flexibility index (Phi) is 6.50. The van der Waals surface area contributed by atoms with E-state index in [0.29, 0.717) is 38.0 Å². The van der Waals surface area contributed by atoms with Gasteiger partial charge in [0.05, 0.1) is 17.2 Å². The Hall–Kier alpha value is -3.18. The molecular formula is C26H24F3NO4. The fourth-order valence-corrected chi connectivity index (χ4v) is 4.95. The van der Waals surface area contributed by atoms with Gasteiger partial charge in [0.25, 0.3) is 0 Å². The number of hydrogen-bond donors (Lipinski definition) is 0. The molecule has 4 rings (SSSR count). The van der Waals surface area contributed by atoms with E-state index in [4.69, 9.17) is 14.7 Å². The van der Waals surface area contributed by atoms with Crippen molar-refractivity contribution in [3.05, 3.63) is 58.7 Å². The molecule has 34 heavy (non-hydrogen) atoms. The molecule has 0 amide bonds. The number of ether oxygens (including phenoxy) is 2. The highest BCUT2D eigenvalue weighted by Crippen LogP contribution is 2.46. The molecule has 8 heteroatoms. The van der Waals surface area contributed by atoms with Crippen molar-refractivity contribution in [2.24, 2.45) is 5.41 Å². The number of hydrogen-bond acceptors (Lipinski definition) is 5. The molecule has 5 nitrogen and oxygen atoms in total. The van der Waals surface area contributed by atoms with Crippen molar-refractivity contribution >= 4 is 11.6 Å². The first-order valence-corrected chi connectivity index (χ1v) is 11.2. The Labute approximate surface area is 195 Å². The van der Waals surface area contributed by atoms with Crippen LogP contribution in [-0.2, 0) is 26.9 Å². The summed E-state index contributed by atoms with van der Waals surface area (Å²) in [7, 11) is 0. The number of aryl methyl sites for hydroxylation is 1. The first kappa shape index (κ1) is 24.0. The molecule has 0 radical (unpaired) electrons. The number of benzene rings is 2. The summed E-state index contributed by atoms with van der Waals surface area (Å²) in [6.45, 7) is 2.95. The van der Waals surface area contributed by atoms with Gasteiger partial charge >= 0.3 is 6.18 Å². The van der Waals surface area contributed by atoms with Crippen LogP contribution < -0.4 is 4.74 Å². The minimum atomic E-state index is -4.72. The standard InChI is InChI=1S/C26H24F3NO4/c1-2-17-4-5-18(34-23-6-3-16(15-30)11-20(23)26(27,28)29)12-19(17)24-21(31)13-25(14-22(24)32)7-9-33-10-8-25/h3-6,11-12,24H,2,7-10,13-14H2,1H3. The average molecular weight is 471 g/mol. The molecule has 1 spiro atoms. The number of carbonyl (C=O) groups is 2. The minimum absolute atomic E-state index is 0.0920. The van der Waals surface area contributed by atoms with Gasteiger partial charge in [0, 0.05) is 26.1 Å². The Bertz CT molecular complexity index is 1140. The second-order valence-electron chi connectivity index (χ2n) is 8.97. The lowest BCUT2D eigenvalue weighted by Crippen LogP contribution is -2.42. The highest BCUT2D eigenvalue weighted by atomic mass is 19.4. The molecule has 1 aliphatic heterocycles. The first-order valence-electron chi connectivity index (χ1n) is 11.2. The number of halogens is 3. The van der Waals surface area contributed by atoms with Gasteiger partial charge in [-0.05, 0) is 66.1 Å². The van der Waals surface area contributed by atoms with Crippen LogP contribution in [0.1, 0.15) is 60.8 Å². The van der Waals surface area contributed by atoms with Gasteiger partial charge in [-0.25, -0.2) is 0 Å². The van der Waals surface area contributed by atoms with Crippen LogP contribution in [0.2, 0.25) is 0 Å². The SMILES string of the molecule is CCc1ccc(Oc2ccc(C#N)cc2C(F)(F)F)cc1C1C(=O)CC2(CCOCC2)CC1=O. The number of alkyl halides is 3. The Morgan fingerprint density at radius 3 is 2.35 bits per heavy atom. The fourth-order valence-electron chi connectivity index (χ4n) is 4.95. The maximum absolute atomic E-state index is 13.5. The van der Waals surface area contributed by atoms with E-state index in [0.717, 1.165) is 17.7 Å². The lowest BCUT2D eigenvalue weighted by Gasteiger charge is -2.41. The molecule has 2 fully saturated rings. The van der Waals surface area contributed by atoms with Crippen LogP contribution in [-0.4, -0.2) is 24.8 Å². The monoisotopic (exact) mass is 471 g/mol. The zero-order valence-corrected chi connectivity index (χ0v) is 18.7. The highest BCUT2D eigenvalue weighted by molar-refractivity contribution is 6.10. The van der Waals surface area contributed by atoms with E-state index in [-0.39, 0.29) is 41.1 Å². The maximum atomic E-state index is 13.5. The molecule has 1 saturated heterocycles. The summed E-state index contributed by atoms with van der Waals surface area (Å²) in [5.41, 5.74) is -0.300. The molecule has 0 N–H and O–H groups in total. The van der Waals surface area contributed by atoms with E-state index in [1.54, 1.807) is 12.1 Å². The van der Waals surface area contributed by atoms with Crippen molar-refractivity contribution in [3.63, 3.8) is 0 Å². The second kappa shape index (κ2) is 9.22. The predicted molar refractivity (Wildman–Crippen MR) is 117 cm³/mol. The molecule has 178 valence electrons. The number of rotatable bonds is 4. The number of Topliss-reactive ketones (excluding diaryl/α,β-unsaturated/α-hetero) is 2.